The van der Waals surface area contributed by atoms with Gasteiger partial charge < -0.3 is 10.1 Å². The van der Waals surface area contributed by atoms with Crippen molar-refractivity contribution in [3.05, 3.63) is 24.0 Å². The van der Waals surface area contributed by atoms with Gasteiger partial charge in [-0.3, -0.25) is 5.32 Å². The normalized spacial score (nSPS) is 11.1. The second-order valence-corrected chi connectivity index (χ2v) is 5.96. The molecule has 1 aromatic rings. The van der Waals surface area contributed by atoms with Crippen LogP contribution in [0.2, 0.25) is 0 Å². The van der Waals surface area contributed by atoms with Gasteiger partial charge in [-0.25, -0.2) is 9.18 Å². The lowest BCUT2D eigenvalue weighted by Gasteiger charge is -2.20. The third-order valence-corrected chi connectivity index (χ3v) is 2.71. The molecule has 1 aromatic carbocycles. The van der Waals surface area contributed by atoms with Gasteiger partial charge in [0, 0.05) is 12.2 Å². The topological polar surface area (TPSA) is 50.4 Å². The SMILES string of the molecule is CCCCCNc1cc(NC(=O)OC(C)(C)C)ccc1F. The third kappa shape index (κ3) is 6.97. The number of anilines is 2. The van der Waals surface area contributed by atoms with Crippen LogP contribution in [0.15, 0.2) is 18.2 Å². The average Bonchev–Trinajstić information content (AvgIpc) is 2.36. The van der Waals surface area contributed by atoms with E-state index in [1.807, 2.05) is 0 Å². The number of carbonyl (C=O) groups excluding carboxylic acids is 1. The smallest absolute Gasteiger partial charge is 0.412 e. The molecule has 0 heterocycles. The molecule has 0 spiro atoms. The summed E-state index contributed by atoms with van der Waals surface area (Å²) in [5.41, 5.74) is 0.328. The van der Waals surface area contributed by atoms with Crippen molar-refractivity contribution in [3.8, 4) is 0 Å². The summed E-state index contributed by atoms with van der Waals surface area (Å²) in [5.74, 6) is -0.332. The summed E-state index contributed by atoms with van der Waals surface area (Å²) in [6.07, 6.45) is 2.65. The number of amides is 1. The monoisotopic (exact) mass is 296 g/mol. The highest BCUT2D eigenvalue weighted by Crippen LogP contribution is 2.20. The van der Waals surface area contributed by atoms with Crippen molar-refractivity contribution in [2.45, 2.75) is 52.6 Å². The highest BCUT2D eigenvalue weighted by molar-refractivity contribution is 5.85. The lowest BCUT2D eigenvalue weighted by Crippen LogP contribution is -2.27. The Morgan fingerprint density at radius 3 is 2.62 bits per heavy atom. The lowest BCUT2D eigenvalue weighted by atomic mass is 10.2. The van der Waals surface area contributed by atoms with E-state index in [2.05, 4.69) is 17.6 Å². The predicted molar refractivity (Wildman–Crippen MR) is 84.3 cm³/mol. The first kappa shape index (κ1) is 17.3. The molecule has 1 rings (SSSR count). The van der Waals surface area contributed by atoms with E-state index >= 15 is 0 Å². The molecular formula is C16H25FN2O2. The van der Waals surface area contributed by atoms with Gasteiger partial charge in [-0.1, -0.05) is 19.8 Å². The minimum atomic E-state index is -0.564. The number of benzene rings is 1. The molecule has 0 aliphatic rings. The number of rotatable bonds is 6. The van der Waals surface area contributed by atoms with Gasteiger partial charge in [0.15, 0.2) is 0 Å². The van der Waals surface area contributed by atoms with Crippen LogP contribution in [-0.4, -0.2) is 18.2 Å². The van der Waals surface area contributed by atoms with Crippen molar-refractivity contribution >= 4 is 17.5 Å². The van der Waals surface area contributed by atoms with Crippen molar-refractivity contribution in [3.63, 3.8) is 0 Å². The molecule has 0 bridgehead atoms. The zero-order chi connectivity index (χ0) is 15.9. The molecule has 2 N–H and O–H groups in total. The van der Waals surface area contributed by atoms with E-state index in [9.17, 15) is 9.18 Å². The Bertz CT molecular complexity index is 470. The molecular weight excluding hydrogens is 271 g/mol. The maximum absolute atomic E-state index is 13.7. The van der Waals surface area contributed by atoms with Crippen LogP contribution in [0.4, 0.5) is 20.6 Å². The van der Waals surface area contributed by atoms with Gasteiger partial charge >= 0.3 is 6.09 Å². The Labute approximate surface area is 126 Å². The molecule has 4 nitrogen and oxygen atoms in total. The number of nitrogens with one attached hydrogen (secondary N) is 2. The molecule has 21 heavy (non-hydrogen) atoms. The molecule has 0 fully saturated rings. The van der Waals surface area contributed by atoms with E-state index in [1.54, 1.807) is 26.8 Å². The van der Waals surface area contributed by atoms with Crippen LogP contribution in [0.1, 0.15) is 47.0 Å². The Balaban J connectivity index is 2.62. The van der Waals surface area contributed by atoms with Gasteiger partial charge in [0.2, 0.25) is 0 Å². The Hall–Kier alpha value is -1.78. The van der Waals surface area contributed by atoms with Gasteiger partial charge in [-0.15, -0.1) is 0 Å². The molecule has 118 valence electrons. The fourth-order valence-corrected chi connectivity index (χ4v) is 1.76. The summed E-state index contributed by atoms with van der Waals surface area (Å²) in [6.45, 7) is 8.19. The summed E-state index contributed by atoms with van der Waals surface area (Å²) in [6, 6.07) is 4.41. The van der Waals surface area contributed by atoms with Crippen LogP contribution in [0.5, 0.6) is 0 Å². The second-order valence-electron chi connectivity index (χ2n) is 5.96. The third-order valence-electron chi connectivity index (χ3n) is 2.71. The molecule has 0 radical (unpaired) electrons. The van der Waals surface area contributed by atoms with Crippen molar-refractivity contribution < 1.29 is 13.9 Å². The second kappa shape index (κ2) is 7.86. The zero-order valence-corrected chi connectivity index (χ0v) is 13.3. The molecule has 0 saturated carbocycles. The molecule has 0 unspecified atom stereocenters. The standard InChI is InChI=1S/C16H25FN2O2/c1-5-6-7-10-18-14-11-12(8-9-13(14)17)19-15(20)21-16(2,3)4/h8-9,11,18H,5-7,10H2,1-4H3,(H,19,20). The van der Waals surface area contributed by atoms with Crippen LogP contribution >= 0.6 is 0 Å². The van der Waals surface area contributed by atoms with Gasteiger partial charge in [0.1, 0.15) is 11.4 Å². The Morgan fingerprint density at radius 2 is 2.00 bits per heavy atom. The maximum atomic E-state index is 13.7. The lowest BCUT2D eigenvalue weighted by molar-refractivity contribution is 0.0636. The van der Waals surface area contributed by atoms with E-state index in [4.69, 9.17) is 4.74 Å². The van der Waals surface area contributed by atoms with Crippen LogP contribution in [0.3, 0.4) is 0 Å². The molecule has 0 aliphatic heterocycles. The van der Waals surface area contributed by atoms with Gasteiger partial charge in [0.25, 0.3) is 0 Å². The molecule has 0 atom stereocenters. The molecule has 1 amide bonds. The number of ether oxygens (including phenoxy) is 1. The van der Waals surface area contributed by atoms with Gasteiger partial charge in [-0.05, 0) is 45.4 Å². The quantitative estimate of drug-likeness (QED) is 0.743. The van der Waals surface area contributed by atoms with Crippen LogP contribution in [0.25, 0.3) is 0 Å². The van der Waals surface area contributed by atoms with Gasteiger partial charge in [-0.2, -0.15) is 0 Å². The summed E-state index contributed by atoms with van der Waals surface area (Å²) in [7, 11) is 0. The van der Waals surface area contributed by atoms with Crippen LogP contribution < -0.4 is 10.6 Å². The number of hydrogen-bond donors (Lipinski definition) is 2. The molecule has 5 heteroatoms. The van der Waals surface area contributed by atoms with E-state index in [-0.39, 0.29) is 5.82 Å². The number of carbonyl (C=O) groups is 1. The number of halogens is 1. The fraction of sp³-hybridized carbons (Fsp3) is 0.562. The first-order valence-corrected chi connectivity index (χ1v) is 7.35. The maximum Gasteiger partial charge on any atom is 0.412 e. The highest BCUT2D eigenvalue weighted by atomic mass is 19.1. The van der Waals surface area contributed by atoms with Crippen molar-refractivity contribution in [2.75, 3.05) is 17.2 Å². The molecule has 0 aromatic heterocycles. The van der Waals surface area contributed by atoms with Gasteiger partial charge in [0.05, 0.1) is 5.69 Å². The first-order valence-electron chi connectivity index (χ1n) is 7.35. The molecule has 0 aliphatic carbocycles. The first-order chi connectivity index (χ1) is 9.81. The summed E-state index contributed by atoms with van der Waals surface area (Å²) >= 11 is 0. The largest absolute Gasteiger partial charge is 0.444 e. The van der Waals surface area contributed by atoms with Crippen molar-refractivity contribution in [1.82, 2.24) is 0 Å². The van der Waals surface area contributed by atoms with E-state index in [0.29, 0.717) is 17.9 Å². The summed E-state index contributed by atoms with van der Waals surface area (Å²) < 4.78 is 18.8. The average molecular weight is 296 g/mol. The number of unbranched alkanes of at least 4 members (excludes halogenated alkanes) is 2. The summed E-state index contributed by atoms with van der Waals surface area (Å²) in [4.78, 5) is 11.7. The Kier molecular flexibility index (Phi) is 6.46. The minimum absolute atomic E-state index is 0.332. The van der Waals surface area contributed by atoms with E-state index < -0.39 is 11.7 Å². The predicted octanol–water partition coefficient (Wildman–Crippen LogP) is 4.77. The van der Waals surface area contributed by atoms with Crippen molar-refractivity contribution in [2.24, 2.45) is 0 Å². The zero-order valence-electron chi connectivity index (χ0n) is 13.3. The number of hydrogen-bond acceptors (Lipinski definition) is 3. The van der Waals surface area contributed by atoms with Crippen molar-refractivity contribution in [1.29, 1.82) is 0 Å². The summed E-state index contributed by atoms with van der Waals surface area (Å²) in [5, 5.41) is 5.64. The molecule has 0 saturated heterocycles. The van der Waals surface area contributed by atoms with E-state index in [0.717, 1.165) is 19.3 Å². The van der Waals surface area contributed by atoms with Crippen LogP contribution in [0, 0.1) is 5.82 Å². The van der Waals surface area contributed by atoms with Crippen LogP contribution in [-0.2, 0) is 4.74 Å². The highest BCUT2D eigenvalue weighted by Gasteiger charge is 2.16. The minimum Gasteiger partial charge on any atom is -0.444 e. The Morgan fingerprint density at radius 1 is 1.29 bits per heavy atom. The fourth-order valence-electron chi connectivity index (χ4n) is 1.76. The van der Waals surface area contributed by atoms with E-state index in [1.165, 1.54) is 12.1 Å².